The van der Waals surface area contributed by atoms with Gasteiger partial charge in [-0.05, 0) is 30.0 Å². The molecule has 0 bridgehead atoms. The van der Waals surface area contributed by atoms with E-state index in [-0.39, 0.29) is 24.1 Å². The molecule has 2 atom stereocenters. The third-order valence-electron chi connectivity index (χ3n) is 4.92. The summed E-state index contributed by atoms with van der Waals surface area (Å²) in [5.41, 5.74) is 5.72. The Morgan fingerprint density at radius 2 is 2.11 bits per heavy atom. The van der Waals surface area contributed by atoms with Gasteiger partial charge in [-0.25, -0.2) is 4.79 Å². The van der Waals surface area contributed by atoms with Crippen LogP contribution in [0.2, 0.25) is 0 Å². The number of pyridine rings is 1. The molecule has 3 amide bonds. The van der Waals surface area contributed by atoms with Crippen molar-refractivity contribution in [1.82, 2.24) is 15.2 Å². The summed E-state index contributed by atoms with van der Waals surface area (Å²) in [7, 11) is 0. The van der Waals surface area contributed by atoms with Crippen LogP contribution in [-0.2, 0) is 14.4 Å². The zero-order valence-corrected chi connectivity index (χ0v) is 14.9. The van der Waals surface area contributed by atoms with Gasteiger partial charge in [-0.1, -0.05) is 13.8 Å². The lowest BCUT2D eigenvalue weighted by atomic mass is 9.83. The van der Waals surface area contributed by atoms with Gasteiger partial charge in [-0.3, -0.25) is 19.4 Å². The van der Waals surface area contributed by atoms with Crippen LogP contribution in [-0.4, -0.2) is 57.3 Å². The summed E-state index contributed by atoms with van der Waals surface area (Å²) in [6.45, 7) is 3.41. The lowest BCUT2D eigenvalue weighted by Gasteiger charge is -2.40. The van der Waals surface area contributed by atoms with Gasteiger partial charge in [0.2, 0.25) is 5.91 Å². The first-order valence-corrected chi connectivity index (χ1v) is 8.41. The molecule has 2 aliphatic rings. The number of carboxylic acids is 1. The van der Waals surface area contributed by atoms with Crippen LogP contribution in [0, 0.1) is 5.41 Å². The van der Waals surface area contributed by atoms with Gasteiger partial charge in [-0.15, -0.1) is 0 Å². The molecule has 2 fully saturated rings. The molecule has 0 radical (unpaired) electrons. The molecule has 0 saturated carbocycles. The standard InChI is InChI=1S/C18H20N4O5/c1-18(2)6-12-11(16(25)22(12)14(18)17(26)27)5-10-4-3-9(7-20-10)15(24)21-8-13(19)23/h3-5,7,12,14H,6,8H2,1-2H3,(H2,19,23)(H,21,24)(H,26,27)/b11-5+/t12?,14-/m0/s1. The Morgan fingerprint density at radius 1 is 1.41 bits per heavy atom. The number of nitrogens with zero attached hydrogens (tertiary/aromatic N) is 2. The Labute approximate surface area is 155 Å². The zero-order chi connectivity index (χ0) is 19.9. The van der Waals surface area contributed by atoms with Gasteiger partial charge in [0.15, 0.2) is 0 Å². The number of carbonyl (C=O) groups is 4. The highest BCUT2D eigenvalue weighted by atomic mass is 16.4. The molecule has 1 aromatic heterocycles. The molecule has 0 aromatic carbocycles. The molecule has 142 valence electrons. The minimum atomic E-state index is -1.00. The molecule has 2 saturated heterocycles. The molecule has 1 aromatic rings. The average molecular weight is 372 g/mol. The third kappa shape index (κ3) is 3.27. The minimum absolute atomic E-state index is 0.242. The number of aromatic nitrogens is 1. The molecule has 27 heavy (non-hydrogen) atoms. The molecule has 9 heteroatoms. The van der Waals surface area contributed by atoms with Gasteiger partial charge in [0, 0.05) is 11.8 Å². The van der Waals surface area contributed by atoms with Gasteiger partial charge in [-0.2, -0.15) is 0 Å². The van der Waals surface area contributed by atoms with Crippen molar-refractivity contribution in [2.24, 2.45) is 11.1 Å². The highest BCUT2D eigenvalue weighted by Crippen LogP contribution is 2.49. The number of rotatable bonds is 5. The van der Waals surface area contributed by atoms with E-state index >= 15 is 0 Å². The van der Waals surface area contributed by atoms with Crippen molar-refractivity contribution in [2.75, 3.05) is 6.54 Å². The Bertz CT molecular complexity index is 859. The fraction of sp³-hybridized carbons (Fsp3) is 0.389. The van der Waals surface area contributed by atoms with Crippen LogP contribution in [0.15, 0.2) is 23.9 Å². The van der Waals surface area contributed by atoms with Gasteiger partial charge in [0.05, 0.1) is 23.8 Å². The molecule has 0 aliphatic carbocycles. The van der Waals surface area contributed by atoms with Gasteiger partial charge < -0.3 is 21.1 Å². The number of β-lactam (4-membered cyclic amide) rings is 1. The predicted octanol–water partition coefficient (Wildman–Crippen LogP) is -0.226. The third-order valence-corrected chi connectivity index (χ3v) is 4.92. The molecule has 4 N–H and O–H groups in total. The summed E-state index contributed by atoms with van der Waals surface area (Å²) in [6.07, 6.45) is 3.52. The fourth-order valence-electron chi connectivity index (χ4n) is 3.67. The van der Waals surface area contributed by atoms with E-state index in [1.165, 1.54) is 17.2 Å². The number of carboxylic acid groups (broad SMARTS) is 1. The molecule has 3 heterocycles. The first-order chi connectivity index (χ1) is 12.6. The van der Waals surface area contributed by atoms with Crippen molar-refractivity contribution >= 4 is 29.8 Å². The largest absolute Gasteiger partial charge is 0.480 e. The van der Waals surface area contributed by atoms with E-state index in [1.54, 1.807) is 12.1 Å². The second-order valence-corrected chi connectivity index (χ2v) is 7.38. The first kappa shape index (κ1) is 18.6. The van der Waals surface area contributed by atoms with Crippen molar-refractivity contribution < 1.29 is 24.3 Å². The number of carbonyl (C=O) groups excluding carboxylic acids is 3. The highest BCUT2D eigenvalue weighted by molar-refractivity contribution is 6.08. The van der Waals surface area contributed by atoms with E-state index in [2.05, 4.69) is 10.3 Å². The molecule has 9 nitrogen and oxygen atoms in total. The van der Waals surface area contributed by atoms with Gasteiger partial charge in [0.1, 0.15) is 6.04 Å². The van der Waals surface area contributed by atoms with Crippen molar-refractivity contribution in [3.05, 3.63) is 35.2 Å². The van der Waals surface area contributed by atoms with Gasteiger partial charge >= 0.3 is 5.97 Å². The first-order valence-electron chi connectivity index (χ1n) is 8.41. The van der Waals surface area contributed by atoms with Crippen LogP contribution in [0.1, 0.15) is 36.3 Å². The Morgan fingerprint density at radius 3 is 2.67 bits per heavy atom. The second-order valence-electron chi connectivity index (χ2n) is 7.38. The summed E-state index contributed by atoms with van der Waals surface area (Å²) >= 11 is 0. The Balaban J connectivity index is 1.75. The van der Waals surface area contributed by atoms with Crippen LogP contribution in [0.4, 0.5) is 0 Å². The maximum atomic E-state index is 12.4. The summed E-state index contributed by atoms with van der Waals surface area (Å²) in [4.78, 5) is 52.0. The molecular formula is C18H20N4O5. The fourth-order valence-corrected chi connectivity index (χ4v) is 3.67. The van der Waals surface area contributed by atoms with E-state index in [4.69, 9.17) is 5.73 Å². The molecule has 2 aliphatic heterocycles. The molecule has 0 spiro atoms. The zero-order valence-electron chi connectivity index (χ0n) is 14.9. The molecule has 3 rings (SSSR count). The predicted molar refractivity (Wildman–Crippen MR) is 94.2 cm³/mol. The lowest BCUT2D eigenvalue weighted by molar-refractivity contribution is -0.154. The van der Waals surface area contributed by atoms with Crippen molar-refractivity contribution in [1.29, 1.82) is 0 Å². The Kier molecular flexibility index (Phi) is 4.46. The Hall–Kier alpha value is -3.23. The van der Waals surface area contributed by atoms with Crippen LogP contribution in [0.5, 0.6) is 0 Å². The number of hydrogen-bond acceptors (Lipinski definition) is 5. The maximum Gasteiger partial charge on any atom is 0.327 e. The van der Waals surface area contributed by atoms with Crippen LogP contribution in [0.3, 0.4) is 0 Å². The summed E-state index contributed by atoms with van der Waals surface area (Å²) in [5.74, 6) is -2.43. The van der Waals surface area contributed by atoms with Crippen molar-refractivity contribution in [3.63, 3.8) is 0 Å². The van der Waals surface area contributed by atoms with E-state index in [0.717, 1.165) is 0 Å². The number of fused-ring (bicyclic) bond motifs is 1. The molecule has 1 unspecified atom stereocenters. The van der Waals surface area contributed by atoms with Crippen LogP contribution in [0.25, 0.3) is 6.08 Å². The van der Waals surface area contributed by atoms with E-state index in [9.17, 15) is 24.3 Å². The maximum absolute atomic E-state index is 12.4. The number of hydrogen-bond donors (Lipinski definition) is 3. The summed E-state index contributed by atoms with van der Waals surface area (Å²) in [5, 5.41) is 11.8. The number of primary amides is 1. The van der Waals surface area contributed by atoms with Crippen molar-refractivity contribution in [2.45, 2.75) is 32.4 Å². The SMILES string of the molecule is CC1(C)CC2/C(=C\c3ccc(C(=O)NCC(N)=O)cn3)C(=O)N2[C@H]1C(=O)O. The van der Waals surface area contributed by atoms with E-state index in [1.807, 2.05) is 13.8 Å². The smallest absolute Gasteiger partial charge is 0.327 e. The van der Waals surface area contributed by atoms with E-state index in [0.29, 0.717) is 17.7 Å². The number of amides is 3. The summed E-state index contributed by atoms with van der Waals surface area (Å²) in [6, 6.07) is 2.02. The number of aliphatic carboxylic acids is 1. The normalized spacial score (nSPS) is 24.3. The minimum Gasteiger partial charge on any atom is -0.480 e. The second kappa shape index (κ2) is 6.49. The number of nitrogens with one attached hydrogen (secondary N) is 1. The van der Waals surface area contributed by atoms with Gasteiger partial charge in [0.25, 0.3) is 11.8 Å². The average Bonchev–Trinajstić information content (AvgIpc) is 2.86. The lowest BCUT2D eigenvalue weighted by Crippen LogP contribution is -2.57. The quantitative estimate of drug-likeness (QED) is 0.481. The van der Waals surface area contributed by atoms with Crippen LogP contribution < -0.4 is 11.1 Å². The van der Waals surface area contributed by atoms with E-state index < -0.39 is 29.2 Å². The highest BCUT2D eigenvalue weighted by Gasteiger charge is 2.60. The summed E-state index contributed by atoms with van der Waals surface area (Å²) < 4.78 is 0. The monoisotopic (exact) mass is 372 g/mol. The van der Waals surface area contributed by atoms with Crippen LogP contribution >= 0.6 is 0 Å². The van der Waals surface area contributed by atoms with Crippen molar-refractivity contribution in [3.8, 4) is 0 Å². The topological polar surface area (TPSA) is 143 Å². The number of nitrogens with two attached hydrogens (primary N) is 1. The molecular weight excluding hydrogens is 352 g/mol.